The first-order valence-electron chi connectivity index (χ1n) is 5.07. The van der Waals surface area contributed by atoms with E-state index in [1.807, 2.05) is 32.8 Å². The van der Waals surface area contributed by atoms with Crippen LogP contribution in [0.25, 0.3) is 0 Å². The molecule has 7 heteroatoms. The summed E-state index contributed by atoms with van der Waals surface area (Å²) in [6.07, 6.45) is 0. The van der Waals surface area contributed by atoms with Crippen LogP contribution in [0.5, 0.6) is 0 Å². The summed E-state index contributed by atoms with van der Waals surface area (Å²) in [5, 5.41) is 1.75. The third-order valence-electron chi connectivity index (χ3n) is 2.73. The summed E-state index contributed by atoms with van der Waals surface area (Å²) in [6, 6.07) is 1.73. The van der Waals surface area contributed by atoms with Crippen LogP contribution < -0.4 is 4.72 Å². The quantitative estimate of drug-likeness (QED) is 0.893. The molecule has 17 heavy (non-hydrogen) atoms. The third kappa shape index (κ3) is 3.75. The van der Waals surface area contributed by atoms with Gasteiger partial charge in [0, 0.05) is 16.6 Å². The van der Waals surface area contributed by atoms with E-state index in [9.17, 15) is 8.42 Å². The minimum Gasteiger partial charge on any atom is -0.303 e. The first-order valence-corrected chi connectivity index (χ1v) is 8.22. The highest BCUT2D eigenvalue weighted by atomic mass is 79.9. The van der Waals surface area contributed by atoms with Gasteiger partial charge in [-0.2, -0.15) is 0 Å². The zero-order chi connectivity index (χ0) is 13.3. The van der Waals surface area contributed by atoms with Gasteiger partial charge in [0.2, 0.25) is 0 Å². The van der Waals surface area contributed by atoms with Gasteiger partial charge in [0.25, 0.3) is 10.0 Å². The predicted octanol–water partition coefficient (Wildman–Crippen LogP) is 2.13. The number of nitrogens with zero attached hydrogens (tertiary/aromatic N) is 1. The first-order chi connectivity index (χ1) is 7.67. The highest BCUT2D eigenvalue weighted by Crippen LogP contribution is 2.27. The SMILES string of the molecule is CN(C)C(C)(C)CNS(=O)(=O)c1sccc1Br. The van der Waals surface area contributed by atoms with Gasteiger partial charge in [0.05, 0.1) is 0 Å². The molecule has 1 rings (SSSR count). The molecule has 0 atom stereocenters. The van der Waals surface area contributed by atoms with Crippen LogP contribution in [0, 0.1) is 0 Å². The molecule has 0 aliphatic heterocycles. The summed E-state index contributed by atoms with van der Waals surface area (Å²) in [4.78, 5) is 1.99. The van der Waals surface area contributed by atoms with Crippen LogP contribution in [0.1, 0.15) is 13.8 Å². The van der Waals surface area contributed by atoms with Crippen LogP contribution in [0.15, 0.2) is 20.1 Å². The topological polar surface area (TPSA) is 49.4 Å². The lowest BCUT2D eigenvalue weighted by Crippen LogP contribution is -2.48. The minimum atomic E-state index is -3.42. The van der Waals surface area contributed by atoms with Crippen molar-refractivity contribution < 1.29 is 8.42 Å². The van der Waals surface area contributed by atoms with Crippen LogP contribution in [-0.4, -0.2) is 39.5 Å². The molecule has 0 radical (unpaired) electrons. The van der Waals surface area contributed by atoms with Crippen LogP contribution >= 0.6 is 27.3 Å². The van der Waals surface area contributed by atoms with Gasteiger partial charge in [-0.05, 0) is 55.3 Å². The molecule has 0 saturated heterocycles. The average molecular weight is 341 g/mol. The summed E-state index contributed by atoms with van der Waals surface area (Å²) in [7, 11) is 0.433. The number of halogens is 1. The van der Waals surface area contributed by atoms with E-state index in [0.717, 1.165) is 0 Å². The van der Waals surface area contributed by atoms with E-state index < -0.39 is 10.0 Å². The Kier molecular flexibility index (Phi) is 4.76. The fourth-order valence-corrected chi connectivity index (χ4v) is 4.55. The second-order valence-corrected chi connectivity index (χ2v) is 8.32. The largest absolute Gasteiger partial charge is 0.303 e. The normalized spacial score (nSPS) is 13.3. The molecule has 98 valence electrons. The van der Waals surface area contributed by atoms with Crippen molar-refractivity contribution in [1.29, 1.82) is 0 Å². The molecule has 0 amide bonds. The average Bonchev–Trinajstić information content (AvgIpc) is 2.62. The summed E-state index contributed by atoms with van der Waals surface area (Å²) in [6.45, 7) is 4.34. The standard InChI is InChI=1S/C10H17BrN2O2S2/c1-10(2,13(3)4)7-12-17(14,15)9-8(11)5-6-16-9/h5-6,12H,7H2,1-4H3. The van der Waals surface area contributed by atoms with E-state index in [1.165, 1.54) is 11.3 Å². The lowest BCUT2D eigenvalue weighted by molar-refractivity contribution is 0.199. The van der Waals surface area contributed by atoms with Crippen LogP contribution in [0.3, 0.4) is 0 Å². The zero-order valence-electron chi connectivity index (χ0n) is 10.3. The Morgan fingerprint density at radius 1 is 1.47 bits per heavy atom. The minimum absolute atomic E-state index is 0.225. The van der Waals surface area contributed by atoms with Crippen LogP contribution in [0.2, 0.25) is 0 Å². The van der Waals surface area contributed by atoms with Crippen molar-refractivity contribution in [2.75, 3.05) is 20.6 Å². The summed E-state index contributed by atoms with van der Waals surface area (Å²) in [5.74, 6) is 0. The lowest BCUT2D eigenvalue weighted by atomic mass is 10.1. The molecule has 0 saturated carbocycles. The van der Waals surface area contributed by atoms with Crippen molar-refractivity contribution >= 4 is 37.3 Å². The van der Waals surface area contributed by atoms with Gasteiger partial charge in [-0.1, -0.05) is 0 Å². The fourth-order valence-electron chi connectivity index (χ4n) is 0.967. The van der Waals surface area contributed by atoms with Gasteiger partial charge < -0.3 is 4.90 Å². The molecular formula is C10H17BrN2O2S2. The molecule has 4 nitrogen and oxygen atoms in total. The molecule has 0 unspecified atom stereocenters. The van der Waals surface area contributed by atoms with Crippen LogP contribution in [0.4, 0.5) is 0 Å². The van der Waals surface area contributed by atoms with E-state index in [1.54, 1.807) is 11.4 Å². The smallest absolute Gasteiger partial charge is 0.251 e. The monoisotopic (exact) mass is 340 g/mol. The second kappa shape index (κ2) is 5.36. The number of nitrogens with one attached hydrogen (secondary N) is 1. The maximum Gasteiger partial charge on any atom is 0.251 e. The summed E-state index contributed by atoms with van der Waals surface area (Å²) >= 11 is 4.44. The van der Waals surface area contributed by atoms with Crippen molar-refractivity contribution in [2.45, 2.75) is 23.6 Å². The highest BCUT2D eigenvalue weighted by Gasteiger charge is 2.25. The van der Waals surface area contributed by atoms with E-state index in [-0.39, 0.29) is 5.54 Å². The summed E-state index contributed by atoms with van der Waals surface area (Å²) in [5.41, 5.74) is -0.225. The number of hydrogen-bond donors (Lipinski definition) is 1. The zero-order valence-corrected chi connectivity index (χ0v) is 13.5. The van der Waals surface area contributed by atoms with Crippen molar-refractivity contribution in [3.05, 3.63) is 15.9 Å². The van der Waals surface area contributed by atoms with Gasteiger partial charge >= 0.3 is 0 Å². The molecular weight excluding hydrogens is 324 g/mol. The molecule has 0 spiro atoms. The molecule has 0 aliphatic carbocycles. The molecule has 1 aromatic heterocycles. The highest BCUT2D eigenvalue weighted by molar-refractivity contribution is 9.10. The molecule has 0 bridgehead atoms. The maximum absolute atomic E-state index is 12.0. The van der Waals surface area contributed by atoms with Gasteiger partial charge in [0.15, 0.2) is 0 Å². The molecule has 0 aliphatic rings. The van der Waals surface area contributed by atoms with Crippen molar-refractivity contribution in [1.82, 2.24) is 9.62 Å². The number of sulfonamides is 1. The molecule has 0 fully saturated rings. The molecule has 1 N–H and O–H groups in total. The Labute approximate surface area is 115 Å². The van der Waals surface area contributed by atoms with Gasteiger partial charge in [-0.25, -0.2) is 13.1 Å². The number of thiophene rings is 1. The van der Waals surface area contributed by atoms with E-state index >= 15 is 0 Å². The first kappa shape index (κ1) is 15.1. The van der Waals surface area contributed by atoms with Crippen molar-refractivity contribution in [3.63, 3.8) is 0 Å². The number of rotatable bonds is 5. The second-order valence-electron chi connectivity index (χ2n) is 4.59. The molecule has 0 aromatic carbocycles. The maximum atomic E-state index is 12.0. The van der Waals surface area contributed by atoms with E-state index in [4.69, 9.17) is 0 Å². The Hall–Kier alpha value is 0.0500. The van der Waals surface area contributed by atoms with Gasteiger partial charge in [0.1, 0.15) is 4.21 Å². The summed E-state index contributed by atoms with van der Waals surface area (Å²) < 4.78 is 27.6. The van der Waals surface area contributed by atoms with Crippen LogP contribution in [-0.2, 0) is 10.0 Å². The van der Waals surface area contributed by atoms with E-state index in [0.29, 0.717) is 15.2 Å². The van der Waals surface area contributed by atoms with Crippen molar-refractivity contribution in [2.24, 2.45) is 0 Å². The molecule has 1 aromatic rings. The Bertz CT molecular complexity index is 480. The van der Waals surface area contributed by atoms with E-state index in [2.05, 4.69) is 20.7 Å². The third-order valence-corrected chi connectivity index (χ3v) is 6.81. The number of hydrogen-bond acceptors (Lipinski definition) is 4. The Balaban J connectivity index is 2.80. The Morgan fingerprint density at radius 2 is 2.06 bits per heavy atom. The predicted molar refractivity (Wildman–Crippen MR) is 75.0 cm³/mol. The van der Waals surface area contributed by atoms with Crippen molar-refractivity contribution in [3.8, 4) is 0 Å². The lowest BCUT2D eigenvalue weighted by Gasteiger charge is -2.32. The Morgan fingerprint density at radius 3 is 2.47 bits per heavy atom. The number of likely N-dealkylation sites (N-methyl/N-ethyl adjacent to an activating group) is 1. The fraction of sp³-hybridized carbons (Fsp3) is 0.600. The van der Waals surface area contributed by atoms with Gasteiger partial charge in [-0.3, -0.25) is 0 Å². The van der Waals surface area contributed by atoms with Gasteiger partial charge in [-0.15, -0.1) is 11.3 Å². The molecule has 1 heterocycles.